The molecular weight excluding hydrogens is 441 g/mol. The van der Waals surface area contributed by atoms with E-state index >= 15 is 0 Å². The molecule has 0 saturated heterocycles. The molecule has 0 fully saturated rings. The maximum absolute atomic E-state index is 12.8. The Morgan fingerprint density at radius 1 is 1.07 bits per heavy atom. The number of hydrogen-bond donors (Lipinski definition) is 6. The SMILES string of the molecule is CCC(C)C(CNC(C(=O)NC(CCO)C(=O)O)C(C)CC)NC[C@H]([AsH2])CS. The summed E-state index contributed by atoms with van der Waals surface area (Å²) in [5.74, 6) is -0.125. The number of nitrogens with one attached hydrogen (secondary N) is 3. The molecule has 7 nitrogen and oxygen atoms in total. The predicted octanol–water partition coefficient (Wildman–Crippen LogP) is 0.298. The molecule has 0 aromatic heterocycles. The van der Waals surface area contributed by atoms with Gasteiger partial charge in [0.15, 0.2) is 0 Å². The fourth-order valence-corrected chi connectivity index (χ4v) is 3.23. The summed E-state index contributed by atoms with van der Waals surface area (Å²) in [5.41, 5.74) is 0. The Labute approximate surface area is 184 Å². The molecule has 9 heteroatoms. The van der Waals surface area contributed by atoms with E-state index in [9.17, 15) is 14.7 Å². The van der Waals surface area contributed by atoms with Crippen molar-refractivity contribution < 1.29 is 19.8 Å². The van der Waals surface area contributed by atoms with Crippen LogP contribution in [0.15, 0.2) is 0 Å². The van der Waals surface area contributed by atoms with Gasteiger partial charge in [0.05, 0.1) is 0 Å². The van der Waals surface area contributed by atoms with Gasteiger partial charge in [-0.1, -0.05) is 0 Å². The average molecular weight is 482 g/mol. The zero-order valence-electron chi connectivity index (χ0n) is 17.6. The van der Waals surface area contributed by atoms with Crippen molar-refractivity contribution in [1.29, 1.82) is 0 Å². The van der Waals surface area contributed by atoms with Crippen LogP contribution in [0.2, 0.25) is 4.71 Å². The van der Waals surface area contributed by atoms with Gasteiger partial charge >= 0.3 is 179 Å². The molecule has 0 aliphatic heterocycles. The zero-order valence-corrected chi connectivity index (χ0v) is 21.0. The van der Waals surface area contributed by atoms with Crippen molar-refractivity contribution in [2.45, 2.75) is 69.8 Å². The van der Waals surface area contributed by atoms with Crippen molar-refractivity contribution in [3.05, 3.63) is 0 Å². The number of carbonyl (C=O) groups is 2. The van der Waals surface area contributed by atoms with Crippen LogP contribution in [-0.2, 0) is 9.59 Å². The summed E-state index contributed by atoms with van der Waals surface area (Å²) in [6.07, 6.45) is 1.82. The van der Waals surface area contributed by atoms with E-state index in [1.54, 1.807) is 16.9 Å². The molecule has 7 atom stereocenters. The standard InChI is InChI=1S/C19H40AsN3O4S/c1-5-12(3)16(21-9-14(20)11-28)10-22-17(13(4)6-2)18(25)23-15(7-8-24)19(26)27/h12-17,21-22,24,28H,5-11,20H2,1-4H3,(H,23,25)(H,26,27)/t12?,13?,14-,15?,16?,17?/m0/s1. The van der Waals surface area contributed by atoms with Crippen LogP contribution < -0.4 is 16.0 Å². The maximum atomic E-state index is 12.8. The monoisotopic (exact) mass is 481 g/mol. The van der Waals surface area contributed by atoms with Crippen molar-refractivity contribution in [3.63, 3.8) is 0 Å². The zero-order chi connectivity index (χ0) is 21.7. The van der Waals surface area contributed by atoms with E-state index in [0.29, 0.717) is 17.2 Å². The topological polar surface area (TPSA) is 111 Å². The molecule has 0 aliphatic rings. The third kappa shape index (κ3) is 10.5. The number of carboxylic acid groups (broad SMARTS) is 1. The molecular formula is C19H40AsN3O4S. The number of hydrogen-bond acceptors (Lipinski definition) is 6. The Morgan fingerprint density at radius 2 is 1.68 bits per heavy atom. The van der Waals surface area contributed by atoms with Crippen molar-refractivity contribution >= 4 is 41.4 Å². The van der Waals surface area contributed by atoms with Gasteiger partial charge in [-0.25, -0.2) is 0 Å². The molecule has 0 aromatic carbocycles. The second-order valence-corrected chi connectivity index (χ2v) is 9.87. The molecule has 0 bridgehead atoms. The van der Waals surface area contributed by atoms with Gasteiger partial charge in [0.1, 0.15) is 0 Å². The number of aliphatic carboxylic acids is 1. The molecule has 1 amide bonds. The van der Waals surface area contributed by atoms with Crippen molar-refractivity contribution in [2.75, 3.05) is 25.4 Å². The van der Waals surface area contributed by atoms with E-state index in [1.165, 1.54) is 0 Å². The van der Waals surface area contributed by atoms with Crippen LogP contribution in [0.1, 0.15) is 47.0 Å². The van der Waals surface area contributed by atoms with Crippen LogP contribution in [0, 0.1) is 11.8 Å². The van der Waals surface area contributed by atoms with Gasteiger partial charge in [0, 0.05) is 0 Å². The third-order valence-corrected chi connectivity index (χ3v) is 7.58. The van der Waals surface area contributed by atoms with Crippen LogP contribution >= 0.6 is 12.6 Å². The summed E-state index contributed by atoms with van der Waals surface area (Å²) in [4.78, 5) is 24.0. The van der Waals surface area contributed by atoms with Gasteiger partial charge in [-0.2, -0.15) is 0 Å². The molecule has 28 heavy (non-hydrogen) atoms. The number of aliphatic hydroxyl groups is 1. The normalized spacial score (nSPS) is 18.0. The molecule has 0 heterocycles. The number of amides is 1. The van der Waals surface area contributed by atoms with Crippen molar-refractivity contribution in [2.24, 2.45) is 11.8 Å². The van der Waals surface area contributed by atoms with E-state index in [2.05, 4.69) is 42.4 Å². The number of thiol groups is 1. The van der Waals surface area contributed by atoms with Crippen LogP contribution in [-0.4, -0.2) is 82.5 Å². The number of carboxylic acids is 1. The minimum absolute atomic E-state index is 0.00524. The number of rotatable bonds is 16. The quantitative estimate of drug-likeness (QED) is 0.140. The van der Waals surface area contributed by atoms with E-state index in [0.717, 1.165) is 25.1 Å². The van der Waals surface area contributed by atoms with Crippen LogP contribution in [0.25, 0.3) is 0 Å². The summed E-state index contributed by atoms with van der Waals surface area (Å²) < 4.78 is 0.519. The van der Waals surface area contributed by atoms with E-state index in [-0.39, 0.29) is 30.9 Å². The second-order valence-electron chi connectivity index (χ2n) is 7.53. The molecule has 0 saturated carbocycles. The van der Waals surface area contributed by atoms with Gasteiger partial charge in [0.25, 0.3) is 0 Å². The molecule has 0 spiro atoms. The summed E-state index contributed by atoms with van der Waals surface area (Å²) in [7, 11) is 0. The van der Waals surface area contributed by atoms with E-state index in [1.807, 2.05) is 13.8 Å². The second kappa shape index (κ2) is 15.6. The van der Waals surface area contributed by atoms with Gasteiger partial charge in [-0.3, -0.25) is 0 Å². The van der Waals surface area contributed by atoms with Crippen LogP contribution in [0.3, 0.4) is 0 Å². The van der Waals surface area contributed by atoms with Crippen LogP contribution in [0.5, 0.6) is 0 Å². The number of aliphatic hydroxyl groups excluding tert-OH is 1. The summed E-state index contributed by atoms with van der Waals surface area (Å²) in [5, 5.41) is 27.8. The Hall–Kier alpha value is -0.272. The first-order valence-electron chi connectivity index (χ1n) is 10.2. The van der Waals surface area contributed by atoms with Gasteiger partial charge < -0.3 is 5.11 Å². The van der Waals surface area contributed by atoms with Crippen molar-refractivity contribution in [3.8, 4) is 0 Å². The molecule has 0 radical (unpaired) electrons. The third-order valence-electron chi connectivity index (χ3n) is 5.29. The first-order valence-corrected chi connectivity index (χ1v) is 12.2. The van der Waals surface area contributed by atoms with Gasteiger partial charge in [0.2, 0.25) is 0 Å². The average Bonchev–Trinajstić information content (AvgIpc) is 2.68. The minimum atomic E-state index is -1.13. The number of carbonyl (C=O) groups excluding carboxylic acids is 1. The molecule has 5 N–H and O–H groups in total. The molecule has 166 valence electrons. The first-order chi connectivity index (χ1) is 13.2. The van der Waals surface area contributed by atoms with E-state index in [4.69, 9.17) is 5.11 Å². The summed E-state index contributed by atoms with van der Waals surface area (Å²) >= 11 is 6.02. The Bertz CT molecular complexity index is 459. The Balaban J connectivity index is 5.07. The van der Waals surface area contributed by atoms with Crippen molar-refractivity contribution in [1.82, 2.24) is 16.0 Å². The molecule has 0 rings (SSSR count). The molecule has 6 unspecified atom stereocenters. The Kier molecular flexibility index (Phi) is 15.4. The van der Waals surface area contributed by atoms with Crippen LogP contribution in [0.4, 0.5) is 0 Å². The first kappa shape index (κ1) is 27.7. The molecule has 0 aliphatic carbocycles. The fourth-order valence-electron chi connectivity index (χ4n) is 2.82. The van der Waals surface area contributed by atoms with Gasteiger partial charge in [-0.15, -0.1) is 0 Å². The molecule has 0 aromatic rings. The predicted molar refractivity (Wildman–Crippen MR) is 120 cm³/mol. The van der Waals surface area contributed by atoms with E-state index < -0.39 is 18.1 Å². The Morgan fingerprint density at radius 3 is 2.14 bits per heavy atom. The summed E-state index contributed by atoms with van der Waals surface area (Å²) in [6.45, 7) is 9.56. The summed E-state index contributed by atoms with van der Waals surface area (Å²) in [6, 6.07) is -1.34. The fraction of sp³-hybridized carbons (Fsp3) is 0.895. The van der Waals surface area contributed by atoms with Gasteiger partial charge in [-0.05, 0) is 0 Å².